The van der Waals surface area contributed by atoms with Crippen molar-refractivity contribution in [3.8, 4) is 6.07 Å². The van der Waals surface area contributed by atoms with Gasteiger partial charge in [0.2, 0.25) is 5.89 Å². The zero-order valence-electron chi connectivity index (χ0n) is 10.5. The molecule has 0 saturated heterocycles. The Balaban J connectivity index is 1.87. The third-order valence-electron chi connectivity index (χ3n) is 2.35. The van der Waals surface area contributed by atoms with E-state index in [2.05, 4.69) is 35.3 Å². The molecule has 0 atom stereocenters. The summed E-state index contributed by atoms with van der Waals surface area (Å²) < 4.78 is 5.13. The van der Waals surface area contributed by atoms with Crippen LogP contribution in [0.4, 0.5) is 0 Å². The van der Waals surface area contributed by atoms with E-state index in [1.54, 1.807) is 11.8 Å². The Labute approximate surface area is 120 Å². The number of hydrogen-bond acceptors (Lipinski definition) is 6. The highest BCUT2D eigenvalue weighted by Crippen LogP contribution is 2.24. The molecule has 0 unspecified atom stereocenters. The van der Waals surface area contributed by atoms with Crippen molar-refractivity contribution in [3.05, 3.63) is 41.5 Å². The molecule has 98 valence electrons. The van der Waals surface area contributed by atoms with Crippen LogP contribution >= 0.6 is 23.5 Å². The summed E-state index contributed by atoms with van der Waals surface area (Å²) >= 11 is 3.17. The van der Waals surface area contributed by atoms with E-state index >= 15 is 0 Å². The Morgan fingerprint density at radius 3 is 2.95 bits per heavy atom. The van der Waals surface area contributed by atoms with Crippen LogP contribution in [0.25, 0.3) is 0 Å². The van der Waals surface area contributed by atoms with Gasteiger partial charge in [0.15, 0.2) is 5.82 Å². The first kappa shape index (κ1) is 14.0. The monoisotopic (exact) mass is 291 g/mol. The van der Waals surface area contributed by atoms with Gasteiger partial charge in [0, 0.05) is 4.90 Å². The molecule has 2 aromatic rings. The first-order valence-corrected chi connectivity index (χ1v) is 7.88. The molecule has 0 aliphatic rings. The SMILES string of the molecule is Cc1ccccc1SCc1noc(CSCC#N)n1. The van der Waals surface area contributed by atoms with Crippen LogP contribution in [0, 0.1) is 18.3 Å². The minimum Gasteiger partial charge on any atom is -0.338 e. The molecule has 0 bridgehead atoms. The minimum atomic E-state index is 0.440. The molecule has 0 radical (unpaired) electrons. The van der Waals surface area contributed by atoms with Gasteiger partial charge < -0.3 is 4.52 Å². The fourth-order valence-electron chi connectivity index (χ4n) is 1.45. The van der Waals surface area contributed by atoms with E-state index in [-0.39, 0.29) is 0 Å². The van der Waals surface area contributed by atoms with Crippen molar-refractivity contribution in [2.45, 2.75) is 23.3 Å². The van der Waals surface area contributed by atoms with Crippen molar-refractivity contribution < 1.29 is 4.52 Å². The van der Waals surface area contributed by atoms with Crippen LogP contribution in [-0.4, -0.2) is 15.9 Å². The third-order valence-corrected chi connectivity index (χ3v) is 4.31. The quantitative estimate of drug-likeness (QED) is 0.600. The molecular formula is C13H13N3OS2. The highest BCUT2D eigenvalue weighted by molar-refractivity contribution is 7.98. The molecular weight excluding hydrogens is 278 g/mol. The third kappa shape index (κ3) is 4.30. The Morgan fingerprint density at radius 1 is 1.32 bits per heavy atom. The molecule has 0 N–H and O–H groups in total. The highest BCUT2D eigenvalue weighted by Gasteiger charge is 2.07. The van der Waals surface area contributed by atoms with Gasteiger partial charge in [-0.1, -0.05) is 23.4 Å². The summed E-state index contributed by atoms with van der Waals surface area (Å²) in [6.07, 6.45) is 0. The van der Waals surface area contributed by atoms with Crippen molar-refractivity contribution in [3.63, 3.8) is 0 Å². The van der Waals surface area contributed by atoms with E-state index in [0.29, 0.717) is 29.0 Å². The Hall–Kier alpha value is -1.45. The molecule has 0 aliphatic heterocycles. The zero-order valence-corrected chi connectivity index (χ0v) is 12.1. The van der Waals surface area contributed by atoms with Crippen LogP contribution in [-0.2, 0) is 11.5 Å². The Morgan fingerprint density at radius 2 is 2.16 bits per heavy atom. The summed E-state index contributed by atoms with van der Waals surface area (Å²) in [5.41, 5.74) is 1.25. The summed E-state index contributed by atoms with van der Waals surface area (Å²) in [7, 11) is 0. The topological polar surface area (TPSA) is 62.7 Å². The van der Waals surface area contributed by atoms with Gasteiger partial charge in [0.05, 0.1) is 23.3 Å². The average Bonchev–Trinajstić information content (AvgIpc) is 2.86. The molecule has 6 heteroatoms. The molecule has 2 rings (SSSR count). The summed E-state index contributed by atoms with van der Waals surface area (Å²) in [4.78, 5) is 5.53. The average molecular weight is 291 g/mol. The van der Waals surface area contributed by atoms with E-state index < -0.39 is 0 Å². The van der Waals surface area contributed by atoms with E-state index in [0.717, 1.165) is 0 Å². The van der Waals surface area contributed by atoms with Crippen molar-refractivity contribution in [2.75, 3.05) is 5.75 Å². The van der Waals surface area contributed by atoms with Gasteiger partial charge >= 0.3 is 0 Å². The first-order valence-electron chi connectivity index (χ1n) is 5.74. The lowest BCUT2D eigenvalue weighted by Gasteiger charge is -2.01. The van der Waals surface area contributed by atoms with Crippen LogP contribution in [0.5, 0.6) is 0 Å². The lowest BCUT2D eigenvalue weighted by molar-refractivity contribution is 0.386. The molecule has 0 amide bonds. The number of aromatic nitrogens is 2. The second-order valence-corrected chi connectivity index (χ2v) is 5.81. The number of hydrogen-bond donors (Lipinski definition) is 0. The Kier molecular flexibility index (Phi) is 5.31. The van der Waals surface area contributed by atoms with E-state index in [1.165, 1.54) is 22.2 Å². The minimum absolute atomic E-state index is 0.440. The van der Waals surface area contributed by atoms with Gasteiger partial charge in [0.25, 0.3) is 0 Å². The Bertz CT molecular complexity index is 577. The maximum atomic E-state index is 8.44. The maximum absolute atomic E-state index is 8.44. The molecule has 0 saturated carbocycles. The second kappa shape index (κ2) is 7.22. The fourth-order valence-corrected chi connectivity index (χ4v) is 2.81. The van der Waals surface area contributed by atoms with E-state index in [4.69, 9.17) is 9.78 Å². The standard InChI is InChI=1S/C13H13N3OS2/c1-10-4-2-3-5-11(10)19-8-12-15-13(17-16-12)9-18-7-6-14/h2-5H,7-9H2,1H3. The predicted molar refractivity (Wildman–Crippen MR) is 76.8 cm³/mol. The number of nitriles is 1. The number of benzene rings is 1. The lowest BCUT2D eigenvalue weighted by atomic mass is 10.2. The number of nitrogens with zero attached hydrogens (tertiary/aromatic N) is 3. The van der Waals surface area contributed by atoms with E-state index in [9.17, 15) is 0 Å². The van der Waals surface area contributed by atoms with Crippen LogP contribution in [0.2, 0.25) is 0 Å². The molecule has 0 fully saturated rings. The molecule has 0 spiro atoms. The maximum Gasteiger partial charge on any atom is 0.236 e. The molecule has 19 heavy (non-hydrogen) atoms. The number of aryl methyl sites for hydroxylation is 1. The highest BCUT2D eigenvalue weighted by atomic mass is 32.2. The van der Waals surface area contributed by atoms with Gasteiger partial charge in [-0.05, 0) is 18.6 Å². The molecule has 1 aromatic carbocycles. The van der Waals surface area contributed by atoms with Crippen LogP contribution in [0.3, 0.4) is 0 Å². The van der Waals surface area contributed by atoms with Crippen molar-refractivity contribution in [2.24, 2.45) is 0 Å². The summed E-state index contributed by atoms with van der Waals surface area (Å²) in [6.45, 7) is 2.09. The smallest absolute Gasteiger partial charge is 0.236 e. The molecule has 1 heterocycles. The van der Waals surface area contributed by atoms with Gasteiger partial charge in [-0.3, -0.25) is 0 Å². The molecule has 1 aromatic heterocycles. The number of rotatable bonds is 6. The fraction of sp³-hybridized carbons (Fsp3) is 0.308. The normalized spacial score (nSPS) is 10.3. The van der Waals surface area contributed by atoms with Crippen molar-refractivity contribution >= 4 is 23.5 Å². The summed E-state index contributed by atoms with van der Waals surface area (Å²) in [6, 6.07) is 10.3. The zero-order chi connectivity index (χ0) is 13.5. The van der Waals surface area contributed by atoms with Gasteiger partial charge in [-0.15, -0.1) is 23.5 Å². The summed E-state index contributed by atoms with van der Waals surface area (Å²) in [5.74, 6) is 3.00. The second-order valence-electron chi connectivity index (χ2n) is 3.81. The van der Waals surface area contributed by atoms with Crippen molar-refractivity contribution in [1.82, 2.24) is 10.1 Å². The van der Waals surface area contributed by atoms with Crippen LogP contribution < -0.4 is 0 Å². The van der Waals surface area contributed by atoms with Gasteiger partial charge in [-0.2, -0.15) is 10.2 Å². The van der Waals surface area contributed by atoms with Crippen LogP contribution in [0.1, 0.15) is 17.3 Å². The largest absolute Gasteiger partial charge is 0.338 e. The van der Waals surface area contributed by atoms with Crippen LogP contribution in [0.15, 0.2) is 33.7 Å². The van der Waals surface area contributed by atoms with Crippen molar-refractivity contribution in [1.29, 1.82) is 5.26 Å². The van der Waals surface area contributed by atoms with E-state index in [1.807, 2.05) is 12.1 Å². The number of thioether (sulfide) groups is 2. The molecule has 4 nitrogen and oxygen atoms in total. The lowest BCUT2D eigenvalue weighted by Crippen LogP contribution is -1.87. The summed E-state index contributed by atoms with van der Waals surface area (Å²) in [5, 5.41) is 12.4. The first-order chi connectivity index (χ1) is 9.29. The van der Waals surface area contributed by atoms with Gasteiger partial charge in [-0.25, -0.2) is 0 Å². The predicted octanol–water partition coefficient (Wildman–Crippen LogP) is 3.43. The molecule has 0 aliphatic carbocycles. The van der Waals surface area contributed by atoms with Gasteiger partial charge in [0.1, 0.15) is 0 Å².